The van der Waals surface area contributed by atoms with Crippen LogP contribution in [0.5, 0.6) is 5.75 Å². The molecular weight excluding hydrogens is 240 g/mol. The molecule has 0 bridgehead atoms. The topological polar surface area (TPSA) is 55.6 Å². The molecule has 0 saturated heterocycles. The molecule has 19 heavy (non-hydrogen) atoms. The van der Waals surface area contributed by atoms with Crippen LogP contribution in [0.4, 0.5) is 10.5 Å². The highest BCUT2D eigenvalue weighted by Gasteiger charge is 2.37. The normalized spacial score (nSPS) is 15.7. The molecule has 4 heteroatoms. The molecule has 0 radical (unpaired) electrons. The van der Waals surface area contributed by atoms with Crippen LogP contribution in [-0.2, 0) is 0 Å². The first-order valence-electron chi connectivity index (χ1n) is 6.74. The Morgan fingerprint density at radius 2 is 1.84 bits per heavy atom. The molecule has 0 atom stereocenters. The first-order valence-corrected chi connectivity index (χ1v) is 6.74. The highest BCUT2D eigenvalue weighted by Crippen LogP contribution is 2.31. The van der Waals surface area contributed by atoms with Gasteiger partial charge in [-0.15, -0.1) is 0 Å². The number of rotatable bonds is 2. The molecule has 2 N–H and O–H groups in total. The van der Waals surface area contributed by atoms with E-state index in [9.17, 15) is 4.79 Å². The molecule has 0 aromatic heterocycles. The summed E-state index contributed by atoms with van der Waals surface area (Å²) in [5.74, 6) is 0.535. The summed E-state index contributed by atoms with van der Waals surface area (Å²) in [6.07, 6.45) is 3.04. The molecule has 1 aromatic carbocycles. The Morgan fingerprint density at radius 1 is 1.26 bits per heavy atom. The monoisotopic (exact) mass is 262 g/mol. The molecule has 0 heterocycles. The maximum absolute atomic E-state index is 12.4. The number of carbonyl (C=O) groups is 1. The van der Waals surface area contributed by atoms with Crippen molar-refractivity contribution in [2.24, 2.45) is 0 Å². The van der Waals surface area contributed by atoms with Crippen LogP contribution in [0.15, 0.2) is 24.3 Å². The molecule has 0 spiro atoms. The van der Waals surface area contributed by atoms with Gasteiger partial charge in [0.1, 0.15) is 5.75 Å². The first-order chi connectivity index (χ1) is 8.88. The fourth-order valence-electron chi connectivity index (χ4n) is 2.30. The summed E-state index contributed by atoms with van der Waals surface area (Å²) < 4.78 is 5.45. The van der Waals surface area contributed by atoms with E-state index in [1.165, 1.54) is 6.42 Å². The number of hydrogen-bond donors (Lipinski definition) is 1. The SMILES string of the molecule is CC(C)(C)N(C(=O)Oc1ccc(N)cc1)C1CCC1. The minimum Gasteiger partial charge on any atom is -0.410 e. The molecule has 1 amide bonds. The number of nitrogens with zero attached hydrogens (tertiary/aromatic N) is 1. The van der Waals surface area contributed by atoms with Crippen molar-refractivity contribution < 1.29 is 9.53 Å². The van der Waals surface area contributed by atoms with E-state index in [0.29, 0.717) is 17.5 Å². The second-order valence-electron chi connectivity index (χ2n) is 6.06. The van der Waals surface area contributed by atoms with Gasteiger partial charge in [0.05, 0.1) is 0 Å². The molecule has 4 nitrogen and oxygen atoms in total. The molecular formula is C15H22N2O2. The van der Waals surface area contributed by atoms with Gasteiger partial charge in [-0.3, -0.25) is 0 Å². The number of carbonyl (C=O) groups excluding carboxylic acids is 1. The van der Waals surface area contributed by atoms with E-state index >= 15 is 0 Å². The number of benzene rings is 1. The average Bonchev–Trinajstić information content (AvgIpc) is 2.24. The van der Waals surface area contributed by atoms with Crippen LogP contribution < -0.4 is 10.5 Å². The van der Waals surface area contributed by atoms with E-state index in [1.54, 1.807) is 24.3 Å². The van der Waals surface area contributed by atoms with Gasteiger partial charge in [-0.25, -0.2) is 4.79 Å². The van der Waals surface area contributed by atoms with Crippen molar-refractivity contribution in [3.05, 3.63) is 24.3 Å². The minimum absolute atomic E-state index is 0.226. The van der Waals surface area contributed by atoms with Gasteiger partial charge in [-0.1, -0.05) is 0 Å². The lowest BCUT2D eigenvalue weighted by atomic mass is 9.88. The number of amides is 1. The summed E-state index contributed by atoms with van der Waals surface area (Å²) in [7, 11) is 0. The second-order valence-corrected chi connectivity index (χ2v) is 6.06. The zero-order chi connectivity index (χ0) is 14.0. The standard InChI is InChI=1S/C15H22N2O2/c1-15(2,3)17(12-5-4-6-12)14(18)19-13-9-7-11(16)8-10-13/h7-10,12H,4-6,16H2,1-3H3. The van der Waals surface area contributed by atoms with Crippen molar-refractivity contribution in [2.45, 2.75) is 51.6 Å². The van der Waals surface area contributed by atoms with Crippen LogP contribution in [0.2, 0.25) is 0 Å². The number of nitrogens with two attached hydrogens (primary N) is 1. The predicted molar refractivity (Wildman–Crippen MR) is 76.1 cm³/mol. The van der Waals surface area contributed by atoms with Crippen molar-refractivity contribution in [1.29, 1.82) is 0 Å². The second kappa shape index (κ2) is 5.11. The lowest BCUT2D eigenvalue weighted by molar-refractivity contribution is 0.0469. The Bertz CT molecular complexity index is 444. The number of anilines is 1. The van der Waals surface area contributed by atoms with E-state index in [1.807, 2.05) is 25.7 Å². The zero-order valence-corrected chi connectivity index (χ0v) is 11.8. The fourth-order valence-corrected chi connectivity index (χ4v) is 2.30. The molecule has 1 aliphatic rings. The van der Waals surface area contributed by atoms with Crippen LogP contribution in [0.3, 0.4) is 0 Å². The van der Waals surface area contributed by atoms with Gasteiger partial charge in [0.15, 0.2) is 0 Å². The predicted octanol–water partition coefficient (Wildman–Crippen LogP) is 3.42. The summed E-state index contributed by atoms with van der Waals surface area (Å²) in [5, 5.41) is 0. The maximum atomic E-state index is 12.4. The molecule has 1 aromatic rings. The molecule has 104 valence electrons. The summed E-state index contributed by atoms with van der Waals surface area (Å²) in [6.45, 7) is 6.11. The van der Waals surface area contributed by atoms with Gasteiger partial charge in [-0.2, -0.15) is 0 Å². The molecule has 2 rings (SSSR count). The Hall–Kier alpha value is -1.71. The van der Waals surface area contributed by atoms with Gasteiger partial charge >= 0.3 is 6.09 Å². The van der Waals surface area contributed by atoms with Crippen LogP contribution in [0.1, 0.15) is 40.0 Å². The van der Waals surface area contributed by atoms with Crippen molar-refractivity contribution in [3.8, 4) is 5.75 Å². The number of hydrogen-bond acceptors (Lipinski definition) is 3. The van der Waals surface area contributed by atoms with E-state index in [4.69, 9.17) is 10.5 Å². The Morgan fingerprint density at radius 3 is 2.26 bits per heavy atom. The van der Waals surface area contributed by atoms with Crippen molar-refractivity contribution >= 4 is 11.8 Å². The lowest BCUT2D eigenvalue weighted by Gasteiger charge is -2.44. The van der Waals surface area contributed by atoms with Crippen molar-refractivity contribution in [1.82, 2.24) is 4.90 Å². The Balaban J connectivity index is 2.09. The van der Waals surface area contributed by atoms with Crippen molar-refractivity contribution in [2.75, 3.05) is 5.73 Å². The van der Waals surface area contributed by atoms with E-state index < -0.39 is 0 Å². The van der Waals surface area contributed by atoms with Gasteiger partial charge in [0.2, 0.25) is 0 Å². The largest absolute Gasteiger partial charge is 0.415 e. The number of ether oxygens (including phenoxy) is 1. The third kappa shape index (κ3) is 3.19. The van der Waals surface area contributed by atoms with Gasteiger partial charge in [0, 0.05) is 17.3 Å². The highest BCUT2D eigenvalue weighted by molar-refractivity contribution is 5.72. The molecule has 1 saturated carbocycles. The van der Waals surface area contributed by atoms with E-state index in [0.717, 1.165) is 12.8 Å². The van der Waals surface area contributed by atoms with Crippen LogP contribution in [0.25, 0.3) is 0 Å². The number of nitrogen functional groups attached to an aromatic ring is 1. The molecule has 1 aliphatic carbocycles. The van der Waals surface area contributed by atoms with Crippen LogP contribution in [0, 0.1) is 0 Å². The summed E-state index contributed by atoms with van der Waals surface area (Å²) >= 11 is 0. The first kappa shape index (κ1) is 13.7. The maximum Gasteiger partial charge on any atom is 0.415 e. The Kier molecular flexibility index (Phi) is 3.69. The average molecular weight is 262 g/mol. The minimum atomic E-state index is -0.276. The lowest BCUT2D eigenvalue weighted by Crippen LogP contribution is -2.55. The van der Waals surface area contributed by atoms with Gasteiger partial charge in [-0.05, 0) is 64.3 Å². The van der Waals surface area contributed by atoms with Crippen LogP contribution in [-0.4, -0.2) is 22.6 Å². The molecule has 0 unspecified atom stereocenters. The van der Waals surface area contributed by atoms with Gasteiger partial charge < -0.3 is 15.4 Å². The van der Waals surface area contributed by atoms with Crippen LogP contribution >= 0.6 is 0 Å². The highest BCUT2D eigenvalue weighted by atomic mass is 16.6. The third-order valence-corrected chi connectivity index (χ3v) is 3.44. The Labute approximate surface area is 114 Å². The third-order valence-electron chi connectivity index (χ3n) is 3.44. The summed E-state index contributed by atoms with van der Waals surface area (Å²) in [4.78, 5) is 14.2. The summed E-state index contributed by atoms with van der Waals surface area (Å²) in [5.41, 5.74) is 6.05. The summed E-state index contributed by atoms with van der Waals surface area (Å²) in [6, 6.07) is 7.20. The zero-order valence-electron chi connectivity index (χ0n) is 11.8. The quantitative estimate of drug-likeness (QED) is 0.831. The van der Waals surface area contributed by atoms with E-state index in [2.05, 4.69) is 0 Å². The smallest absolute Gasteiger partial charge is 0.410 e. The van der Waals surface area contributed by atoms with Gasteiger partial charge in [0.25, 0.3) is 0 Å². The molecule has 1 fully saturated rings. The molecule has 0 aliphatic heterocycles. The fraction of sp³-hybridized carbons (Fsp3) is 0.533. The van der Waals surface area contributed by atoms with Crippen molar-refractivity contribution in [3.63, 3.8) is 0 Å². The van der Waals surface area contributed by atoms with E-state index in [-0.39, 0.29) is 11.6 Å².